The molecule has 1 saturated heterocycles. The van der Waals surface area contributed by atoms with Gasteiger partial charge in [-0.05, 0) is 28.6 Å². The van der Waals surface area contributed by atoms with Gasteiger partial charge in [0, 0.05) is 4.43 Å². The number of rotatable bonds is 6. The molecule has 2 nitrogen and oxygen atoms in total. The van der Waals surface area contributed by atoms with E-state index in [0.717, 1.165) is 16.4 Å². The molecule has 0 spiro atoms. The average Bonchev–Trinajstić information content (AvgIpc) is 2.43. The third kappa shape index (κ3) is 3.98. The summed E-state index contributed by atoms with van der Waals surface area (Å²) in [7, 11) is -1.99. The predicted octanol–water partition coefficient (Wildman–Crippen LogP) is 5.33. The van der Waals surface area contributed by atoms with E-state index < -0.39 is 8.32 Å². The van der Waals surface area contributed by atoms with Gasteiger partial charge in [-0.1, -0.05) is 76.6 Å². The minimum absolute atomic E-state index is 0.150. The van der Waals surface area contributed by atoms with E-state index in [4.69, 9.17) is 15.6 Å². The van der Waals surface area contributed by atoms with E-state index in [1.165, 1.54) is 0 Å². The summed E-state index contributed by atoms with van der Waals surface area (Å²) >= 11 is 2.34. The van der Waals surface area contributed by atoms with Crippen LogP contribution in [0.4, 0.5) is 0 Å². The summed E-state index contributed by atoms with van der Waals surface area (Å²) in [6, 6.07) is 0. The van der Waals surface area contributed by atoms with Crippen LogP contribution in [0, 0.1) is 12.3 Å². The lowest BCUT2D eigenvalue weighted by molar-refractivity contribution is -0.0476. The molecule has 3 atom stereocenters. The largest absolute Gasteiger partial charge is 0.406 e. The van der Waals surface area contributed by atoms with E-state index in [0.29, 0.717) is 16.6 Å². The Labute approximate surface area is 151 Å². The third-order valence-corrected chi connectivity index (χ3v) is 11.9. The van der Waals surface area contributed by atoms with E-state index >= 15 is 0 Å². The highest BCUT2D eigenvalue weighted by Crippen LogP contribution is 2.45. The van der Waals surface area contributed by atoms with E-state index in [2.05, 4.69) is 76.6 Å². The Kier molecular flexibility index (Phi) is 7.64. The monoisotopic (exact) mass is 434 g/mol. The molecule has 126 valence electrons. The predicted molar refractivity (Wildman–Crippen MR) is 106 cm³/mol. The molecule has 0 aromatic heterocycles. The van der Waals surface area contributed by atoms with E-state index in [9.17, 15) is 0 Å². The first-order valence-corrected chi connectivity index (χ1v) is 11.9. The molecule has 1 rings (SSSR count). The van der Waals surface area contributed by atoms with Gasteiger partial charge in [-0.15, -0.1) is 6.42 Å². The van der Waals surface area contributed by atoms with Crippen LogP contribution in [0.1, 0.15) is 48.0 Å². The standard InChI is InChI=1S/C18H31IO2Si/c1-9-17-18(15(8)10-16(11-19)20-17)21-22(12(2)3,13(4)5)14(6)7/h1,12-14,16-18H,8,10-11H2,2-7H3/t16-,17-,18+/m1/s1. The molecule has 1 heterocycles. The first-order valence-electron chi connectivity index (χ1n) is 8.23. The summed E-state index contributed by atoms with van der Waals surface area (Å²) in [5, 5.41) is 0. The van der Waals surface area contributed by atoms with Crippen LogP contribution in [0.5, 0.6) is 0 Å². The van der Waals surface area contributed by atoms with Crippen molar-refractivity contribution >= 4 is 30.9 Å². The van der Waals surface area contributed by atoms with Crippen LogP contribution in [0.3, 0.4) is 0 Å². The average molecular weight is 434 g/mol. The fourth-order valence-electron chi connectivity index (χ4n) is 3.94. The van der Waals surface area contributed by atoms with Gasteiger partial charge in [0.15, 0.2) is 0 Å². The molecule has 0 aromatic rings. The lowest BCUT2D eigenvalue weighted by atomic mass is 9.97. The smallest absolute Gasteiger partial charge is 0.201 e. The van der Waals surface area contributed by atoms with Gasteiger partial charge in [0.05, 0.1) is 6.10 Å². The second kappa shape index (κ2) is 8.32. The van der Waals surface area contributed by atoms with Gasteiger partial charge >= 0.3 is 0 Å². The van der Waals surface area contributed by atoms with Crippen LogP contribution < -0.4 is 0 Å². The zero-order valence-electron chi connectivity index (χ0n) is 14.9. The summed E-state index contributed by atoms with van der Waals surface area (Å²) in [4.78, 5) is 0. The second-order valence-electron chi connectivity index (χ2n) is 7.22. The molecule has 0 radical (unpaired) electrons. The first kappa shape index (κ1) is 20.2. The van der Waals surface area contributed by atoms with E-state index in [1.54, 1.807) is 0 Å². The molecule has 0 amide bonds. The number of hydrogen-bond donors (Lipinski definition) is 0. The number of halogens is 1. The van der Waals surface area contributed by atoms with Crippen LogP contribution in [0.15, 0.2) is 12.2 Å². The number of alkyl halides is 1. The molecule has 1 aliphatic rings. The summed E-state index contributed by atoms with van der Waals surface area (Å²) in [5.74, 6) is 2.80. The van der Waals surface area contributed by atoms with Crippen molar-refractivity contribution in [2.24, 2.45) is 0 Å². The number of ether oxygens (including phenoxy) is 1. The van der Waals surface area contributed by atoms with Gasteiger partial charge < -0.3 is 9.16 Å². The molecule has 0 aromatic carbocycles. The lowest BCUT2D eigenvalue weighted by Gasteiger charge is -2.47. The summed E-state index contributed by atoms with van der Waals surface area (Å²) in [6.07, 6.45) is 6.31. The fourth-order valence-corrected chi connectivity index (χ4v) is 10.0. The van der Waals surface area contributed by atoms with Crippen LogP contribution in [0.2, 0.25) is 16.6 Å². The zero-order valence-corrected chi connectivity index (χ0v) is 18.0. The minimum Gasteiger partial charge on any atom is -0.406 e. The van der Waals surface area contributed by atoms with Crippen molar-refractivity contribution in [1.82, 2.24) is 0 Å². The van der Waals surface area contributed by atoms with Gasteiger partial charge in [0.25, 0.3) is 0 Å². The Morgan fingerprint density at radius 1 is 1.27 bits per heavy atom. The molecule has 0 aliphatic carbocycles. The highest BCUT2D eigenvalue weighted by atomic mass is 127. The molecule has 0 unspecified atom stereocenters. The summed E-state index contributed by atoms with van der Waals surface area (Å²) in [5.41, 5.74) is 2.69. The fraction of sp³-hybridized carbons (Fsp3) is 0.778. The van der Waals surface area contributed by atoms with Crippen LogP contribution >= 0.6 is 22.6 Å². The molecular formula is C18H31IO2Si. The summed E-state index contributed by atoms with van der Waals surface area (Å²) < 4.78 is 13.8. The van der Waals surface area contributed by atoms with Crippen molar-refractivity contribution in [3.8, 4) is 12.3 Å². The van der Waals surface area contributed by atoms with Crippen molar-refractivity contribution in [1.29, 1.82) is 0 Å². The Bertz CT molecular complexity index is 404. The highest BCUT2D eigenvalue weighted by Gasteiger charge is 2.49. The molecule has 1 aliphatic heterocycles. The Morgan fingerprint density at radius 2 is 1.77 bits per heavy atom. The second-order valence-corrected chi connectivity index (χ2v) is 13.5. The van der Waals surface area contributed by atoms with E-state index in [1.807, 2.05) is 0 Å². The van der Waals surface area contributed by atoms with Gasteiger partial charge in [0.2, 0.25) is 8.32 Å². The maximum atomic E-state index is 6.84. The normalized spacial score (nSPS) is 26.8. The molecule has 0 N–H and O–H groups in total. The maximum Gasteiger partial charge on any atom is 0.201 e. The summed E-state index contributed by atoms with van der Waals surface area (Å²) in [6.45, 7) is 18.0. The van der Waals surface area contributed by atoms with Gasteiger partial charge in [-0.2, -0.15) is 0 Å². The SMILES string of the molecule is C#C[C@H]1O[C@@H](CI)CC(=C)[C@@H]1O[Si](C(C)C)(C(C)C)C(C)C. The molecule has 4 heteroatoms. The van der Waals surface area contributed by atoms with Gasteiger partial charge in [-0.25, -0.2) is 0 Å². The molecule has 22 heavy (non-hydrogen) atoms. The maximum absolute atomic E-state index is 6.84. The number of hydrogen-bond acceptors (Lipinski definition) is 2. The van der Waals surface area contributed by atoms with Crippen LogP contribution in [0.25, 0.3) is 0 Å². The molecular weight excluding hydrogens is 403 g/mol. The molecule has 0 saturated carbocycles. The zero-order chi connectivity index (χ0) is 17.1. The van der Waals surface area contributed by atoms with Crippen molar-refractivity contribution in [2.45, 2.75) is 82.9 Å². The Balaban J connectivity index is 3.11. The topological polar surface area (TPSA) is 18.5 Å². The van der Waals surface area contributed by atoms with Gasteiger partial charge in [-0.3, -0.25) is 0 Å². The quantitative estimate of drug-likeness (QED) is 0.185. The van der Waals surface area contributed by atoms with Crippen LogP contribution in [-0.4, -0.2) is 31.1 Å². The molecule has 1 fully saturated rings. The highest BCUT2D eigenvalue weighted by molar-refractivity contribution is 14.1. The third-order valence-electron chi connectivity index (χ3n) is 4.88. The van der Waals surface area contributed by atoms with Gasteiger partial charge in [0.1, 0.15) is 12.2 Å². The minimum atomic E-state index is -1.99. The Hall–Kier alpha value is 0.167. The number of terminal acetylenes is 1. The van der Waals surface area contributed by atoms with Crippen molar-refractivity contribution in [3.05, 3.63) is 12.2 Å². The first-order chi connectivity index (χ1) is 10.2. The lowest BCUT2D eigenvalue weighted by Crippen LogP contribution is -2.54. The van der Waals surface area contributed by atoms with Crippen LogP contribution in [-0.2, 0) is 9.16 Å². The molecule has 0 bridgehead atoms. The van der Waals surface area contributed by atoms with Crippen molar-refractivity contribution in [3.63, 3.8) is 0 Å². The van der Waals surface area contributed by atoms with Crippen molar-refractivity contribution in [2.75, 3.05) is 4.43 Å². The van der Waals surface area contributed by atoms with Crippen molar-refractivity contribution < 1.29 is 9.16 Å². The van der Waals surface area contributed by atoms with E-state index in [-0.39, 0.29) is 18.3 Å². The Morgan fingerprint density at radius 3 is 2.14 bits per heavy atom.